The zero-order valence-electron chi connectivity index (χ0n) is 10.8. The standard InChI is InChI=1S/C14H14N4O/c1-3-5-13(19)15-9-11-6-4-7-12(8-11)14-16-10(2)17-18-14/h4,6-8H,9H2,1-2H3,(H,15,19)(H,16,17,18). The van der Waals surface area contributed by atoms with Crippen molar-refractivity contribution in [1.82, 2.24) is 20.5 Å². The van der Waals surface area contributed by atoms with Crippen LogP contribution < -0.4 is 5.32 Å². The number of hydrogen-bond donors (Lipinski definition) is 2. The van der Waals surface area contributed by atoms with Gasteiger partial charge in [0.1, 0.15) is 5.82 Å². The number of aromatic amines is 1. The van der Waals surface area contributed by atoms with E-state index in [2.05, 4.69) is 32.3 Å². The Morgan fingerprint density at radius 1 is 1.47 bits per heavy atom. The van der Waals surface area contributed by atoms with Crippen LogP contribution in [0, 0.1) is 18.8 Å². The van der Waals surface area contributed by atoms with Gasteiger partial charge in [-0.25, -0.2) is 4.98 Å². The summed E-state index contributed by atoms with van der Waals surface area (Å²) in [6.45, 7) is 3.92. The summed E-state index contributed by atoms with van der Waals surface area (Å²) >= 11 is 0. The number of hydrogen-bond acceptors (Lipinski definition) is 3. The Kier molecular flexibility index (Phi) is 3.94. The van der Waals surface area contributed by atoms with Crippen molar-refractivity contribution >= 4 is 5.91 Å². The lowest BCUT2D eigenvalue weighted by atomic mass is 10.1. The molecule has 0 aliphatic rings. The Labute approximate surface area is 111 Å². The van der Waals surface area contributed by atoms with Gasteiger partial charge in [-0.05, 0) is 31.4 Å². The number of rotatable bonds is 3. The predicted octanol–water partition coefficient (Wildman–Crippen LogP) is 1.42. The number of nitrogens with zero attached hydrogens (tertiary/aromatic N) is 2. The monoisotopic (exact) mass is 254 g/mol. The second kappa shape index (κ2) is 5.83. The zero-order valence-corrected chi connectivity index (χ0v) is 10.8. The van der Waals surface area contributed by atoms with Gasteiger partial charge in [0, 0.05) is 12.1 Å². The molecule has 19 heavy (non-hydrogen) atoms. The molecule has 0 aliphatic carbocycles. The number of aromatic nitrogens is 3. The summed E-state index contributed by atoms with van der Waals surface area (Å²) in [7, 11) is 0. The van der Waals surface area contributed by atoms with E-state index in [1.165, 1.54) is 0 Å². The first-order chi connectivity index (χ1) is 9.19. The van der Waals surface area contributed by atoms with Crippen molar-refractivity contribution in [2.45, 2.75) is 20.4 Å². The van der Waals surface area contributed by atoms with E-state index < -0.39 is 0 Å². The minimum atomic E-state index is -0.276. The first-order valence-electron chi connectivity index (χ1n) is 5.88. The minimum absolute atomic E-state index is 0.276. The van der Waals surface area contributed by atoms with Gasteiger partial charge in [0.2, 0.25) is 0 Å². The van der Waals surface area contributed by atoms with Gasteiger partial charge in [0.15, 0.2) is 5.82 Å². The molecule has 0 fully saturated rings. The van der Waals surface area contributed by atoms with E-state index in [1.807, 2.05) is 31.2 Å². The summed E-state index contributed by atoms with van der Waals surface area (Å²) in [5, 5.41) is 9.63. The fourth-order valence-electron chi connectivity index (χ4n) is 1.63. The number of nitrogens with one attached hydrogen (secondary N) is 2. The van der Waals surface area contributed by atoms with Gasteiger partial charge in [0.25, 0.3) is 5.91 Å². The molecule has 2 aromatic rings. The van der Waals surface area contributed by atoms with E-state index in [0.29, 0.717) is 12.4 Å². The molecule has 5 heteroatoms. The topological polar surface area (TPSA) is 70.7 Å². The highest BCUT2D eigenvalue weighted by atomic mass is 16.1. The Hall–Kier alpha value is -2.61. The summed E-state index contributed by atoms with van der Waals surface area (Å²) in [6, 6.07) is 7.72. The quantitative estimate of drug-likeness (QED) is 0.814. The largest absolute Gasteiger partial charge is 0.341 e. The molecule has 0 aliphatic heterocycles. The molecule has 0 saturated heterocycles. The van der Waals surface area contributed by atoms with E-state index in [9.17, 15) is 4.79 Å². The highest BCUT2D eigenvalue weighted by molar-refractivity contribution is 5.93. The van der Waals surface area contributed by atoms with E-state index >= 15 is 0 Å². The lowest BCUT2D eigenvalue weighted by Crippen LogP contribution is -2.20. The molecule has 1 aromatic carbocycles. The van der Waals surface area contributed by atoms with E-state index in [1.54, 1.807) is 6.92 Å². The minimum Gasteiger partial charge on any atom is -0.341 e. The average molecular weight is 254 g/mol. The van der Waals surface area contributed by atoms with Gasteiger partial charge in [-0.3, -0.25) is 9.89 Å². The van der Waals surface area contributed by atoms with Gasteiger partial charge in [0.05, 0.1) is 0 Å². The third-order valence-corrected chi connectivity index (χ3v) is 2.47. The lowest BCUT2D eigenvalue weighted by Gasteiger charge is -2.03. The molecule has 0 spiro atoms. The number of amides is 1. The maximum Gasteiger partial charge on any atom is 0.296 e. The number of aryl methyl sites for hydroxylation is 1. The van der Waals surface area contributed by atoms with Crippen LogP contribution in [0.25, 0.3) is 11.4 Å². The van der Waals surface area contributed by atoms with Crippen molar-refractivity contribution in [3.63, 3.8) is 0 Å². The molecule has 1 aromatic heterocycles. The predicted molar refractivity (Wildman–Crippen MR) is 71.9 cm³/mol. The van der Waals surface area contributed by atoms with E-state index in [4.69, 9.17) is 0 Å². The van der Waals surface area contributed by atoms with Crippen LogP contribution in [0.5, 0.6) is 0 Å². The first kappa shape index (κ1) is 12.8. The van der Waals surface area contributed by atoms with Crippen molar-refractivity contribution in [3.8, 4) is 23.2 Å². The van der Waals surface area contributed by atoms with Crippen LogP contribution in [0.3, 0.4) is 0 Å². The summed E-state index contributed by atoms with van der Waals surface area (Å²) in [4.78, 5) is 15.5. The van der Waals surface area contributed by atoms with Crippen LogP contribution in [-0.2, 0) is 11.3 Å². The van der Waals surface area contributed by atoms with Crippen molar-refractivity contribution in [2.24, 2.45) is 0 Å². The third kappa shape index (κ3) is 3.42. The molecule has 0 unspecified atom stereocenters. The molecule has 1 amide bonds. The molecule has 2 N–H and O–H groups in total. The van der Waals surface area contributed by atoms with Crippen molar-refractivity contribution in [2.75, 3.05) is 0 Å². The van der Waals surface area contributed by atoms with Crippen LogP contribution in [-0.4, -0.2) is 21.1 Å². The number of carbonyl (C=O) groups excluding carboxylic acids is 1. The number of H-pyrrole nitrogens is 1. The molecule has 0 radical (unpaired) electrons. The Morgan fingerprint density at radius 3 is 3.00 bits per heavy atom. The van der Waals surface area contributed by atoms with Crippen molar-refractivity contribution < 1.29 is 4.79 Å². The second-order valence-electron chi connectivity index (χ2n) is 4.00. The van der Waals surface area contributed by atoms with E-state index in [0.717, 1.165) is 17.0 Å². The normalized spacial score (nSPS) is 9.58. The fraction of sp³-hybridized carbons (Fsp3) is 0.214. The van der Waals surface area contributed by atoms with Gasteiger partial charge < -0.3 is 5.32 Å². The van der Waals surface area contributed by atoms with E-state index in [-0.39, 0.29) is 5.91 Å². The van der Waals surface area contributed by atoms with Crippen LogP contribution >= 0.6 is 0 Å². The molecular weight excluding hydrogens is 240 g/mol. The SMILES string of the molecule is CC#CC(=O)NCc1cccc(-c2n[nH]c(C)n2)c1. The van der Waals surface area contributed by atoms with Crippen molar-refractivity contribution in [3.05, 3.63) is 35.7 Å². The molecule has 1 heterocycles. The highest BCUT2D eigenvalue weighted by Crippen LogP contribution is 2.16. The Balaban J connectivity index is 2.11. The maximum absolute atomic E-state index is 11.3. The fourth-order valence-corrected chi connectivity index (χ4v) is 1.63. The van der Waals surface area contributed by atoms with Gasteiger partial charge >= 0.3 is 0 Å². The maximum atomic E-state index is 11.3. The Morgan fingerprint density at radius 2 is 2.32 bits per heavy atom. The summed E-state index contributed by atoms with van der Waals surface area (Å²) in [6.07, 6.45) is 0. The highest BCUT2D eigenvalue weighted by Gasteiger charge is 2.04. The zero-order chi connectivity index (χ0) is 13.7. The average Bonchev–Trinajstić information content (AvgIpc) is 2.84. The van der Waals surface area contributed by atoms with Crippen molar-refractivity contribution in [1.29, 1.82) is 0 Å². The van der Waals surface area contributed by atoms with Gasteiger partial charge in [-0.2, -0.15) is 5.10 Å². The van der Waals surface area contributed by atoms with Crippen LogP contribution in [0.4, 0.5) is 0 Å². The lowest BCUT2D eigenvalue weighted by molar-refractivity contribution is -0.115. The van der Waals surface area contributed by atoms with Gasteiger partial charge in [-0.1, -0.05) is 24.1 Å². The molecular formula is C14H14N4O. The molecule has 0 bridgehead atoms. The second-order valence-corrected chi connectivity index (χ2v) is 4.00. The summed E-state index contributed by atoms with van der Waals surface area (Å²) in [5.74, 6) is 6.14. The van der Waals surface area contributed by atoms with Crippen LogP contribution in [0.2, 0.25) is 0 Å². The summed E-state index contributed by atoms with van der Waals surface area (Å²) < 4.78 is 0. The molecule has 96 valence electrons. The molecule has 2 rings (SSSR count). The number of carbonyl (C=O) groups is 1. The molecule has 5 nitrogen and oxygen atoms in total. The third-order valence-electron chi connectivity index (χ3n) is 2.47. The Bertz CT molecular complexity index is 649. The first-order valence-corrected chi connectivity index (χ1v) is 5.88. The molecule has 0 saturated carbocycles. The summed E-state index contributed by atoms with van der Waals surface area (Å²) in [5.41, 5.74) is 1.89. The smallest absolute Gasteiger partial charge is 0.296 e. The van der Waals surface area contributed by atoms with Crippen LogP contribution in [0.15, 0.2) is 24.3 Å². The molecule has 0 atom stereocenters. The number of benzene rings is 1. The van der Waals surface area contributed by atoms with Crippen LogP contribution in [0.1, 0.15) is 18.3 Å². The van der Waals surface area contributed by atoms with Gasteiger partial charge in [-0.15, -0.1) is 0 Å².